The lowest BCUT2D eigenvalue weighted by atomic mass is 9.67. The molecule has 2 nitrogen and oxygen atoms in total. The predicted molar refractivity (Wildman–Crippen MR) is 425 cm³/mol. The van der Waals surface area contributed by atoms with Crippen molar-refractivity contribution in [3.05, 3.63) is 433 Å². The van der Waals surface area contributed by atoms with E-state index in [-0.39, 0.29) is 0 Å². The number of hydrogen-bond donors (Lipinski definition) is 0. The standard InChI is InChI=1S/C100H64N2/c1-7-29-65(30-8-1)94-80-41-19-23-45-84(80)96(85-46-24-20-42-81(85)94)68-51-55-77-76-54-50-67(61-88(76)99(89(77)62-68,71-33-11-3-12-34-71)72-35-13-4-14-36-72)75-58-59-93(92-49-27-28-60-101-92)102-98(75)70-53-57-79-78-56-52-69(63-90(78)100(91(79)64-70,73-37-15-5-16-38-73)74-39-17-6-18-40-74)97-86-47-25-21-43-82(86)95(66-31-9-2-10-32-66)83-44-22-26-48-87(83)97/h1-64H. The van der Waals surface area contributed by atoms with Crippen molar-refractivity contribution in [2.24, 2.45) is 0 Å². The van der Waals surface area contributed by atoms with E-state index >= 15 is 0 Å². The average Bonchev–Trinajstić information content (AvgIpc) is 1.52. The van der Waals surface area contributed by atoms with Crippen molar-refractivity contribution in [3.8, 4) is 101 Å². The maximum Gasteiger partial charge on any atom is 0.0894 e. The Kier molecular flexibility index (Phi) is 13.8. The van der Waals surface area contributed by atoms with Crippen LogP contribution in [0.1, 0.15) is 44.5 Å². The Hall–Kier alpha value is -13.1. The Bertz CT molecular complexity index is 6140. The fourth-order valence-electron chi connectivity index (χ4n) is 17.9. The molecule has 102 heavy (non-hydrogen) atoms. The van der Waals surface area contributed by atoms with Crippen LogP contribution in [0, 0.1) is 0 Å². The summed E-state index contributed by atoms with van der Waals surface area (Å²) >= 11 is 0. The Balaban J connectivity index is 0.807. The lowest BCUT2D eigenvalue weighted by Crippen LogP contribution is -2.28. The largest absolute Gasteiger partial charge is 0.255 e. The summed E-state index contributed by atoms with van der Waals surface area (Å²) in [4.78, 5) is 10.8. The second kappa shape index (κ2) is 23.8. The molecule has 0 unspecified atom stereocenters. The molecule has 18 aromatic rings. The lowest BCUT2D eigenvalue weighted by molar-refractivity contribution is 0.769. The van der Waals surface area contributed by atoms with Crippen molar-refractivity contribution in [1.82, 2.24) is 9.97 Å². The summed E-state index contributed by atoms with van der Waals surface area (Å²) in [6.45, 7) is 0. The van der Waals surface area contributed by atoms with Crippen LogP contribution < -0.4 is 0 Å². The predicted octanol–water partition coefficient (Wildman–Crippen LogP) is 25.5. The van der Waals surface area contributed by atoms with Crippen molar-refractivity contribution in [2.45, 2.75) is 10.8 Å². The van der Waals surface area contributed by atoms with Crippen molar-refractivity contribution < 1.29 is 0 Å². The number of fused-ring (bicyclic) bond motifs is 10. The third-order valence-electron chi connectivity index (χ3n) is 22.1. The van der Waals surface area contributed by atoms with Crippen LogP contribution in [-0.4, -0.2) is 9.97 Å². The van der Waals surface area contributed by atoms with Crippen LogP contribution >= 0.6 is 0 Å². The molecule has 20 rings (SSSR count). The van der Waals surface area contributed by atoms with E-state index in [1.165, 1.54) is 154 Å². The molecule has 2 heterocycles. The first-order valence-electron chi connectivity index (χ1n) is 35.4. The van der Waals surface area contributed by atoms with Crippen molar-refractivity contribution >= 4 is 43.1 Å². The van der Waals surface area contributed by atoms with E-state index in [1.807, 2.05) is 12.3 Å². The zero-order chi connectivity index (χ0) is 67.3. The van der Waals surface area contributed by atoms with Gasteiger partial charge in [0, 0.05) is 17.3 Å². The molecule has 0 N–H and O–H groups in total. The van der Waals surface area contributed by atoms with Gasteiger partial charge in [0.2, 0.25) is 0 Å². The van der Waals surface area contributed by atoms with Crippen LogP contribution in [0.3, 0.4) is 0 Å². The molecule has 0 spiro atoms. The maximum absolute atomic E-state index is 5.84. The Morgan fingerprint density at radius 1 is 0.186 bits per heavy atom. The molecular formula is C100H64N2. The lowest BCUT2D eigenvalue weighted by Gasteiger charge is -2.34. The van der Waals surface area contributed by atoms with Gasteiger partial charge < -0.3 is 0 Å². The highest BCUT2D eigenvalue weighted by Gasteiger charge is 2.49. The molecular weight excluding hydrogens is 1230 g/mol. The number of pyridine rings is 2. The van der Waals surface area contributed by atoms with Gasteiger partial charge in [0.15, 0.2) is 0 Å². The zero-order valence-electron chi connectivity index (χ0n) is 55.8. The van der Waals surface area contributed by atoms with Crippen molar-refractivity contribution in [2.75, 3.05) is 0 Å². The highest BCUT2D eigenvalue weighted by atomic mass is 14.8. The molecule has 0 amide bonds. The normalized spacial score (nSPS) is 13.1. The number of nitrogens with zero attached hydrogens (tertiary/aromatic N) is 2. The minimum atomic E-state index is -0.751. The van der Waals surface area contributed by atoms with Gasteiger partial charge in [-0.05, 0) is 208 Å². The first-order chi connectivity index (χ1) is 50.6. The molecule has 0 radical (unpaired) electrons. The fraction of sp³-hybridized carbons (Fsp3) is 0.0200. The minimum Gasteiger partial charge on any atom is -0.255 e. The first kappa shape index (κ1) is 59.0. The van der Waals surface area contributed by atoms with Crippen LogP contribution in [0.5, 0.6) is 0 Å². The topological polar surface area (TPSA) is 25.8 Å². The second-order valence-electron chi connectivity index (χ2n) is 27.2. The number of hydrogen-bond acceptors (Lipinski definition) is 2. The van der Waals surface area contributed by atoms with E-state index in [1.54, 1.807) is 0 Å². The fourth-order valence-corrected chi connectivity index (χ4v) is 17.9. The smallest absolute Gasteiger partial charge is 0.0894 e. The van der Waals surface area contributed by atoms with Gasteiger partial charge in [-0.3, -0.25) is 4.98 Å². The first-order valence-corrected chi connectivity index (χ1v) is 35.4. The highest BCUT2D eigenvalue weighted by molar-refractivity contribution is 6.23. The van der Waals surface area contributed by atoms with Gasteiger partial charge in [-0.25, -0.2) is 4.98 Å². The number of benzene rings is 16. The van der Waals surface area contributed by atoms with Crippen LogP contribution in [0.25, 0.3) is 144 Å². The van der Waals surface area contributed by atoms with E-state index in [0.717, 1.165) is 33.8 Å². The summed E-state index contributed by atoms with van der Waals surface area (Å²) < 4.78 is 0. The number of aromatic nitrogens is 2. The summed E-state index contributed by atoms with van der Waals surface area (Å²) in [5.41, 5.74) is 28.4. The summed E-state index contributed by atoms with van der Waals surface area (Å²) in [5, 5.41) is 9.83. The molecule has 0 fully saturated rings. The van der Waals surface area contributed by atoms with Crippen LogP contribution in [0.4, 0.5) is 0 Å². The molecule has 0 aliphatic heterocycles. The van der Waals surface area contributed by atoms with Gasteiger partial charge in [-0.2, -0.15) is 0 Å². The molecule has 0 atom stereocenters. The van der Waals surface area contributed by atoms with Gasteiger partial charge in [0.1, 0.15) is 0 Å². The average molecular weight is 1290 g/mol. The molecule has 2 heteroatoms. The van der Waals surface area contributed by atoms with E-state index < -0.39 is 10.8 Å². The number of rotatable bonds is 11. The molecule has 2 aliphatic rings. The summed E-state index contributed by atoms with van der Waals surface area (Å²) in [6, 6.07) is 142. The van der Waals surface area contributed by atoms with Crippen molar-refractivity contribution in [3.63, 3.8) is 0 Å². The molecule has 0 saturated carbocycles. The summed E-state index contributed by atoms with van der Waals surface area (Å²) in [5.74, 6) is 0. The maximum atomic E-state index is 5.84. The van der Waals surface area contributed by atoms with Crippen LogP contribution in [0.15, 0.2) is 388 Å². The summed E-state index contributed by atoms with van der Waals surface area (Å²) in [7, 11) is 0. The van der Waals surface area contributed by atoms with E-state index in [4.69, 9.17) is 9.97 Å². The zero-order valence-corrected chi connectivity index (χ0v) is 55.8. The third-order valence-corrected chi connectivity index (χ3v) is 22.1. The van der Waals surface area contributed by atoms with Gasteiger partial charge in [-0.1, -0.05) is 334 Å². The Labute approximate surface area is 593 Å². The quantitative estimate of drug-likeness (QED) is 0.121. The molecule has 474 valence electrons. The van der Waals surface area contributed by atoms with E-state index in [0.29, 0.717) is 0 Å². The molecule has 2 aliphatic carbocycles. The van der Waals surface area contributed by atoms with Crippen LogP contribution in [0.2, 0.25) is 0 Å². The third kappa shape index (κ3) is 8.92. The van der Waals surface area contributed by atoms with Gasteiger partial charge >= 0.3 is 0 Å². The monoisotopic (exact) mass is 1290 g/mol. The molecule has 16 aromatic carbocycles. The van der Waals surface area contributed by atoms with Gasteiger partial charge in [0.25, 0.3) is 0 Å². The van der Waals surface area contributed by atoms with Gasteiger partial charge in [-0.15, -0.1) is 0 Å². The molecule has 0 bridgehead atoms. The second-order valence-corrected chi connectivity index (χ2v) is 27.2. The van der Waals surface area contributed by atoms with Gasteiger partial charge in [0.05, 0.1) is 27.9 Å². The Morgan fingerprint density at radius 2 is 0.461 bits per heavy atom. The SMILES string of the molecule is c1ccc(-c2c3ccccc3c(-c3ccc4c(c3)C(c3ccccc3)(c3ccccc3)c3cc(-c5ccc(-c6ccccn6)nc5-c5ccc6c(c5)C(c5ccccc5)(c5ccccc5)c5cc(-c7c8ccccc8c(-c8ccccc8)c8ccccc78)ccc5-6)ccc3-4)c3ccccc23)cc1. The summed E-state index contributed by atoms with van der Waals surface area (Å²) in [6.07, 6.45) is 1.86. The van der Waals surface area contributed by atoms with E-state index in [9.17, 15) is 0 Å². The highest BCUT2D eigenvalue weighted by Crippen LogP contribution is 2.61. The van der Waals surface area contributed by atoms with E-state index in [2.05, 4.69) is 376 Å². The van der Waals surface area contributed by atoms with Crippen molar-refractivity contribution in [1.29, 1.82) is 0 Å². The minimum absolute atomic E-state index is 0.734. The molecule has 0 saturated heterocycles. The van der Waals surface area contributed by atoms with Crippen LogP contribution in [-0.2, 0) is 10.8 Å². The molecule has 2 aromatic heterocycles. The Morgan fingerprint density at radius 3 is 0.804 bits per heavy atom.